The predicted octanol–water partition coefficient (Wildman–Crippen LogP) is 1.08. The zero-order valence-corrected chi connectivity index (χ0v) is 20.7. The summed E-state index contributed by atoms with van der Waals surface area (Å²) in [6.45, 7) is 5.92. The standard InChI is InChI=1S/C25H31N3O8/c1-5-34-22(31)15-11-12-16-18(27-20(29)17(26)14-9-7-6-8-10-14)21(30)28(16)19(15)23(32)35-13-36-24(33)25(2,3)4/h6-10,16-18H,5,11-13,26H2,1-4H3,(H,27,29)/t16?,17?,18-/m0/s1. The van der Waals surface area contributed by atoms with Crippen molar-refractivity contribution in [1.29, 1.82) is 0 Å². The molecular weight excluding hydrogens is 470 g/mol. The van der Waals surface area contributed by atoms with Crippen LogP contribution >= 0.6 is 0 Å². The molecule has 36 heavy (non-hydrogen) atoms. The molecule has 2 amide bonds. The summed E-state index contributed by atoms with van der Waals surface area (Å²) in [4.78, 5) is 64.2. The summed E-state index contributed by atoms with van der Waals surface area (Å²) in [5, 5.41) is 2.65. The topological polar surface area (TPSA) is 154 Å². The molecule has 0 spiro atoms. The minimum atomic E-state index is -1.01. The minimum Gasteiger partial charge on any atom is -0.463 e. The second-order valence-corrected chi connectivity index (χ2v) is 9.47. The smallest absolute Gasteiger partial charge is 0.358 e. The van der Waals surface area contributed by atoms with Crippen LogP contribution in [0.4, 0.5) is 0 Å². The van der Waals surface area contributed by atoms with Crippen molar-refractivity contribution in [3.63, 3.8) is 0 Å². The molecule has 0 radical (unpaired) electrons. The van der Waals surface area contributed by atoms with Crippen LogP contribution in [-0.4, -0.2) is 60.1 Å². The highest BCUT2D eigenvalue weighted by atomic mass is 16.7. The lowest BCUT2D eigenvalue weighted by molar-refractivity contribution is -0.174. The maximum absolute atomic E-state index is 13.0. The van der Waals surface area contributed by atoms with Gasteiger partial charge in [0.15, 0.2) is 0 Å². The van der Waals surface area contributed by atoms with E-state index < -0.39 is 60.1 Å². The lowest BCUT2D eigenvalue weighted by Gasteiger charge is -2.50. The molecular formula is C25H31N3O8. The molecule has 2 aliphatic rings. The van der Waals surface area contributed by atoms with E-state index in [9.17, 15) is 24.0 Å². The summed E-state index contributed by atoms with van der Waals surface area (Å²) in [7, 11) is 0. The predicted molar refractivity (Wildman–Crippen MR) is 125 cm³/mol. The van der Waals surface area contributed by atoms with Gasteiger partial charge in [-0.1, -0.05) is 30.3 Å². The van der Waals surface area contributed by atoms with Gasteiger partial charge in [-0.25, -0.2) is 9.59 Å². The van der Waals surface area contributed by atoms with E-state index in [1.165, 1.54) is 0 Å². The summed E-state index contributed by atoms with van der Waals surface area (Å²) >= 11 is 0. The molecule has 1 fully saturated rings. The van der Waals surface area contributed by atoms with Gasteiger partial charge >= 0.3 is 17.9 Å². The number of nitrogens with one attached hydrogen (secondary N) is 1. The molecule has 2 heterocycles. The van der Waals surface area contributed by atoms with E-state index in [2.05, 4.69) is 5.32 Å². The first kappa shape index (κ1) is 26.9. The van der Waals surface area contributed by atoms with Crippen molar-refractivity contribution in [2.75, 3.05) is 13.4 Å². The third-order valence-electron chi connectivity index (χ3n) is 5.88. The maximum Gasteiger partial charge on any atom is 0.358 e. The second kappa shape index (κ2) is 10.9. The van der Waals surface area contributed by atoms with Crippen molar-refractivity contribution in [2.45, 2.75) is 58.7 Å². The van der Waals surface area contributed by atoms with Crippen molar-refractivity contribution in [3.8, 4) is 0 Å². The fourth-order valence-electron chi connectivity index (χ4n) is 3.95. The molecule has 11 heteroatoms. The molecule has 3 N–H and O–H groups in total. The first-order valence-corrected chi connectivity index (χ1v) is 11.7. The number of β-lactam (4-membered cyclic amide) rings is 1. The van der Waals surface area contributed by atoms with Crippen LogP contribution in [0, 0.1) is 5.41 Å². The van der Waals surface area contributed by atoms with E-state index >= 15 is 0 Å². The van der Waals surface area contributed by atoms with Gasteiger partial charge in [-0.15, -0.1) is 0 Å². The summed E-state index contributed by atoms with van der Waals surface area (Å²) in [6, 6.07) is 6.21. The lowest BCUT2D eigenvalue weighted by atomic mass is 9.83. The summed E-state index contributed by atoms with van der Waals surface area (Å²) < 4.78 is 15.1. The van der Waals surface area contributed by atoms with Gasteiger partial charge in [0.1, 0.15) is 17.8 Å². The monoisotopic (exact) mass is 501 g/mol. The quantitative estimate of drug-likeness (QED) is 0.302. The molecule has 1 saturated heterocycles. The van der Waals surface area contributed by atoms with Crippen LogP contribution in [0.2, 0.25) is 0 Å². The molecule has 0 aromatic heterocycles. The van der Waals surface area contributed by atoms with Gasteiger partial charge in [0.25, 0.3) is 5.91 Å². The van der Waals surface area contributed by atoms with Crippen LogP contribution < -0.4 is 11.1 Å². The SMILES string of the molecule is CCOC(=O)C1=C(C(=O)OCOC(=O)C(C)(C)C)N2C(=O)[C@@H](NC(=O)C(N)c3ccccc3)C2CC1. The van der Waals surface area contributed by atoms with Crippen molar-refractivity contribution in [2.24, 2.45) is 11.1 Å². The number of ether oxygens (including phenoxy) is 3. The number of rotatable bonds is 8. The fourth-order valence-corrected chi connectivity index (χ4v) is 3.95. The Labute approximate surface area is 208 Å². The third-order valence-corrected chi connectivity index (χ3v) is 5.88. The first-order chi connectivity index (χ1) is 17.0. The average Bonchev–Trinajstić information content (AvgIpc) is 2.85. The summed E-state index contributed by atoms with van der Waals surface area (Å²) in [6.07, 6.45) is 0.428. The number of hydrogen-bond donors (Lipinski definition) is 2. The number of nitrogens with two attached hydrogens (primary N) is 1. The number of nitrogens with zero attached hydrogens (tertiary/aromatic N) is 1. The Kier molecular flexibility index (Phi) is 8.13. The van der Waals surface area contributed by atoms with Gasteiger partial charge in [0.05, 0.1) is 23.6 Å². The largest absolute Gasteiger partial charge is 0.463 e. The van der Waals surface area contributed by atoms with Gasteiger partial charge in [-0.05, 0) is 46.1 Å². The number of esters is 3. The molecule has 3 rings (SSSR count). The molecule has 0 saturated carbocycles. The second-order valence-electron chi connectivity index (χ2n) is 9.47. The Morgan fingerprint density at radius 1 is 1.08 bits per heavy atom. The van der Waals surface area contributed by atoms with Gasteiger partial charge in [0, 0.05) is 0 Å². The number of hydrogen-bond acceptors (Lipinski definition) is 9. The average molecular weight is 502 g/mol. The molecule has 0 bridgehead atoms. The number of fused-ring (bicyclic) bond motifs is 1. The van der Waals surface area contributed by atoms with Crippen molar-refractivity contribution in [1.82, 2.24) is 10.2 Å². The summed E-state index contributed by atoms with van der Waals surface area (Å²) in [5.41, 5.74) is 5.52. The Balaban J connectivity index is 1.75. The molecule has 194 valence electrons. The lowest BCUT2D eigenvalue weighted by Crippen LogP contribution is -2.72. The maximum atomic E-state index is 13.0. The number of carbonyl (C=O) groups excluding carboxylic acids is 5. The molecule has 2 unspecified atom stereocenters. The molecule has 3 atom stereocenters. The van der Waals surface area contributed by atoms with Gasteiger partial charge in [0.2, 0.25) is 12.7 Å². The molecule has 1 aromatic carbocycles. The van der Waals surface area contributed by atoms with E-state index in [1.807, 2.05) is 0 Å². The zero-order chi connectivity index (χ0) is 26.6. The number of carbonyl (C=O) groups is 5. The van der Waals surface area contributed by atoms with Crippen LogP contribution in [0.15, 0.2) is 41.6 Å². The van der Waals surface area contributed by atoms with Crippen LogP contribution in [0.3, 0.4) is 0 Å². The molecule has 11 nitrogen and oxygen atoms in total. The van der Waals surface area contributed by atoms with Crippen LogP contribution in [0.25, 0.3) is 0 Å². The van der Waals surface area contributed by atoms with Gasteiger partial charge < -0.3 is 25.3 Å². The highest BCUT2D eigenvalue weighted by Gasteiger charge is 2.55. The fraction of sp³-hybridized carbons (Fsp3) is 0.480. The summed E-state index contributed by atoms with van der Waals surface area (Å²) in [5.74, 6) is -3.48. The van der Waals surface area contributed by atoms with E-state index in [-0.39, 0.29) is 24.3 Å². The van der Waals surface area contributed by atoms with Gasteiger partial charge in [-0.2, -0.15) is 0 Å². The Hall–Kier alpha value is -3.73. The number of benzene rings is 1. The van der Waals surface area contributed by atoms with Crippen molar-refractivity contribution < 1.29 is 38.2 Å². The molecule has 2 aliphatic heterocycles. The van der Waals surface area contributed by atoms with Crippen molar-refractivity contribution >= 4 is 29.7 Å². The molecule has 0 aliphatic carbocycles. The first-order valence-electron chi connectivity index (χ1n) is 11.7. The minimum absolute atomic E-state index is 0.0145. The van der Waals surface area contributed by atoms with Crippen LogP contribution in [-0.2, 0) is 38.2 Å². The zero-order valence-electron chi connectivity index (χ0n) is 20.7. The Morgan fingerprint density at radius 2 is 1.75 bits per heavy atom. The van der Waals surface area contributed by atoms with Gasteiger partial charge in [-0.3, -0.25) is 19.3 Å². The highest BCUT2D eigenvalue weighted by Crippen LogP contribution is 2.38. The van der Waals surface area contributed by atoms with Crippen molar-refractivity contribution in [3.05, 3.63) is 47.2 Å². The van der Waals surface area contributed by atoms with E-state index in [4.69, 9.17) is 19.9 Å². The normalized spacial score (nSPS) is 20.0. The van der Waals surface area contributed by atoms with E-state index in [0.29, 0.717) is 12.0 Å². The Morgan fingerprint density at radius 3 is 2.36 bits per heavy atom. The third kappa shape index (κ3) is 5.56. The van der Waals surface area contributed by atoms with Crippen LogP contribution in [0.1, 0.15) is 52.1 Å². The van der Waals surface area contributed by atoms with Crippen LogP contribution in [0.5, 0.6) is 0 Å². The Bertz CT molecular complexity index is 1080. The van der Waals surface area contributed by atoms with E-state index in [0.717, 1.165) is 4.90 Å². The molecule has 1 aromatic rings. The number of amides is 2. The van der Waals surface area contributed by atoms with E-state index in [1.54, 1.807) is 58.0 Å². The highest BCUT2D eigenvalue weighted by molar-refractivity contribution is 6.07.